The van der Waals surface area contributed by atoms with E-state index in [9.17, 15) is 9.59 Å². The van der Waals surface area contributed by atoms with Crippen molar-refractivity contribution < 1.29 is 9.59 Å². The molecule has 2 amide bonds. The molecule has 0 radical (unpaired) electrons. The van der Waals surface area contributed by atoms with Gasteiger partial charge in [0.05, 0.1) is 0 Å². The van der Waals surface area contributed by atoms with Gasteiger partial charge < -0.3 is 0 Å². The van der Waals surface area contributed by atoms with Gasteiger partial charge in [0, 0.05) is 0 Å². The Balaban J connectivity index is 1.75. The third-order valence-corrected chi connectivity index (χ3v) is 8.92. The molecule has 2 saturated carbocycles. The van der Waals surface area contributed by atoms with Crippen LogP contribution in [0.2, 0.25) is 0 Å². The summed E-state index contributed by atoms with van der Waals surface area (Å²) in [6, 6.07) is 0. The number of amides is 2. The Morgan fingerprint density at radius 1 is 0.870 bits per heavy atom. The van der Waals surface area contributed by atoms with Crippen molar-refractivity contribution in [2.45, 2.75) is 46.0 Å². The zero-order chi connectivity index (χ0) is 17.4. The van der Waals surface area contributed by atoms with E-state index in [1.54, 1.807) is 10.0 Å². The van der Waals surface area contributed by atoms with Crippen LogP contribution in [0.5, 0.6) is 0 Å². The first-order chi connectivity index (χ1) is 10.6. The molecule has 0 atom stereocenters. The summed E-state index contributed by atoms with van der Waals surface area (Å²) in [7, 11) is 3.66. The van der Waals surface area contributed by atoms with Crippen LogP contribution < -0.4 is 10.9 Å². The molecule has 2 rings (SSSR count). The molecule has 0 aliphatic heterocycles. The summed E-state index contributed by atoms with van der Waals surface area (Å²) in [6.45, 7) is 4.37. The zero-order valence-corrected chi connectivity index (χ0v) is 18.7. The fourth-order valence-electron chi connectivity index (χ4n) is 2.31. The van der Waals surface area contributed by atoms with Crippen LogP contribution in [0.15, 0.2) is 0 Å². The van der Waals surface area contributed by atoms with E-state index in [0.717, 1.165) is 33.0 Å². The van der Waals surface area contributed by atoms with E-state index in [-0.39, 0.29) is 29.1 Å². The van der Waals surface area contributed by atoms with Gasteiger partial charge in [0.1, 0.15) is 0 Å². The van der Waals surface area contributed by atoms with Gasteiger partial charge in [0.25, 0.3) is 0 Å². The molecular formula is C15H24N4O2Te2. The average Bonchev–Trinajstić information content (AvgIpc) is 3.37. The average molecular weight is 548 g/mol. The van der Waals surface area contributed by atoms with E-state index in [2.05, 4.69) is 24.7 Å². The molecule has 2 aliphatic rings. The van der Waals surface area contributed by atoms with Gasteiger partial charge in [-0.2, -0.15) is 0 Å². The summed E-state index contributed by atoms with van der Waals surface area (Å²) in [5, 5.41) is 3.50. The number of carbonyl (C=O) groups excluding carboxylic acids is 2. The van der Waals surface area contributed by atoms with E-state index in [1.807, 2.05) is 57.7 Å². The van der Waals surface area contributed by atoms with Crippen molar-refractivity contribution in [1.82, 2.24) is 20.9 Å². The summed E-state index contributed by atoms with van der Waals surface area (Å²) in [5.41, 5.74) is 5.97. The summed E-state index contributed by atoms with van der Waals surface area (Å²) >= 11 is 3.89. The predicted octanol–water partition coefficient (Wildman–Crippen LogP) is -0.500. The summed E-state index contributed by atoms with van der Waals surface area (Å²) in [5.74, 6) is -0.584. The minimum absolute atomic E-state index is 0.176. The molecular weight excluding hydrogens is 523 g/mol. The Hall–Kier alpha value is -0.141. The first kappa shape index (κ1) is 19.2. The van der Waals surface area contributed by atoms with Crippen LogP contribution in [-0.2, 0) is 9.59 Å². The molecule has 0 bridgehead atoms. The predicted molar refractivity (Wildman–Crippen MR) is 92.6 cm³/mol. The first-order valence-corrected chi connectivity index (χ1v) is 10.1. The van der Waals surface area contributed by atoms with Crippen molar-refractivity contribution >= 4 is 62.8 Å². The van der Waals surface area contributed by atoms with Crippen LogP contribution in [0.3, 0.4) is 0 Å². The van der Waals surface area contributed by atoms with Gasteiger partial charge in [-0.05, 0) is 0 Å². The Morgan fingerprint density at radius 3 is 1.43 bits per heavy atom. The summed E-state index contributed by atoms with van der Waals surface area (Å²) < 4.78 is 2.29. The van der Waals surface area contributed by atoms with Gasteiger partial charge in [0.2, 0.25) is 0 Å². The number of rotatable bonds is 8. The standard InChI is InChI=1S/C15H24N4O2Te2/c1-14(5-6-14)12(22)18(3)16-10(20)9-11(21)17-19(4)13(23)15(2)7-8-15/h5-9H2,1-4H3,(H,16,20)(H,17,21). The number of hydrazine groups is 2. The maximum atomic E-state index is 12.0. The van der Waals surface area contributed by atoms with Gasteiger partial charge in [-0.3, -0.25) is 0 Å². The molecule has 0 heterocycles. The molecule has 8 heteroatoms. The number of hydrogen-bond donors (Lipinski definition) is 2. The second-order valence-corrected chi connectivity index (χ2v) is 9.30. The molecule has 23 heavy (non-hydrogen) atoms. The topological polar surface area (TPSA) is 64.7 Å². The van der Waals surface area contributed by atoms with E-state index < -0.39 is 0 Å². The quantitative estimate of drug-likeness (QED) is 0.245. The minimum atomic E-state index is -0.292. The van der Waals surface area contributed by atoms with Crippen molar-refractivity contribution in [1.29, 1.82) is 0 Å². The monoisotopic (exact) mass is 552 g/mol. The normalized spacial score (nSPS) is 19.3. The van der Waals surface area contributed by atoms with Crippen molar-refractivity contribution in [3.8, 4) is 0 Å². The Labute approximate surface area is 163 Å². The number of nitrogens with zero attached hydrogens (tertiary/aromatic N) is 2. The second-order valence-electron chi connectivity index (χ2n) is 7.10. The number of nitrogens with one attached hydrogen (secondary N) is 2. The van der Waals surface area contributed by atoms with E-state index in [4.69, 9.17) is 0 Å². The Bertz CT molecular complexity index is 508. The van der Waals surface area contributed by atoms with Gasteiger partial charge in [-0.25, -0.2) is 0 Å². The first-order valence-electron chi connectivity index (χ1n) is 7.73. The zero-order valence-electron chi connectivity index (χ0n) is 14.1. The summed E-state index contributed by atoms with van der Waals surface area (Å²) in [6.07, 6.45) is 4.44. The molecule has 2 aliphatic carbocycles. The molecule has 0 aromatic rings. The van der Waals surface area contributed by atoms with Gasteiger partial charge in [-0.15, -0.1) is 0 Å². The van der Waals surface area contributed by atoms with E-state index in [0.29, 0.717) is 0 Å². The third-order valence-electron chi connectivity index (χ3n) is 4.55. The van der Waals surface area contributed by atoms with Crippen molar-refractivity contribution in [2.24, 2.45) is 10.8 Å². The van der Waals surface area contributed by atoms with Crippen LogP contribution in [0, 0.1) is 10.8 Å². The molecule has 6 nitrogen and oxygen atoms in total. The fraction of sp³-hybridized carbons (Fsp3) is 0.733. The molecule has 0 spiro atoms. The molecule has 0 aromatic carbocycles. The molecule has 0 aromatic heterocycles. The van der Waals surface area contributed by atoms with Crippen LogP contribution in [0.25, 0.3) is 0 Å². The number of carbonyl (C=O) groups is 2. The van der Waals surface area contributed by atoms with Gasteiger partial charge in [0.15, 0.2) is 0 Å². The molecule has 2 N–H and O–H groups in total. The fourth-order valence-corrected chi connectivity index (χ4v) is 3.74. The molecule has 128 valence electrons. The van der Waals surface area contributed by atoms with Crippen LogP contribution in [-0.4, -0.2) is 86.9 Å². The van der Waals surface area contributed by atoms with Crippen LogP contribution in [0.1, 0.15) is 46.0 Å². The van der Waals surface area contributed by atoms with Crippen LogP contribution >= 0.6 is 0 Å². The van der Waals surface area contributed by atoms with Crippen molar-refractivity contribution in [2.75, 3.05) is 14.1 Å². The van der Waals surface area contributed by atoms with E-state index in [1.165, 1.54) is 0 Å². The second kappa shape index (κ2) is 7.00. The SMILES string of the molecule is CN(NC(=O)CC(=O)NN(C)C(=[Te])C1(C)CC1)C(=[Te])C1(C)CC1. The van der Waals surface area contributed by atoms with Crippen molar-refractivity contribution in [3.63, 3.8) is 0 Å². The van der Waals surface area contributed by atoms with E-state index >= 15 is 0 Å². The molecule has 2 fully saturated rings. The third kappa shape index (κ3) is 4.92. The van der Waals surface area contributed by atoms with Gasteiger partial charge in [-0.1, -0.05) is 0 Å². The van der Waals surface area contributed by atoms with Gasteiger partial charge >= 0.3 is 164 Å². The number of hydrogen-bond acceptors (Lipinski definition) is 4. The molecule has 0 saturated heterocycles. The Kier molecular flexibility index (Phi) is 5.84. The Morgan fingerprint density at radius 2 is 1.17 bits per heavy atom. The summed E-state index contributed by atoms with van der Waals surface area (Å²) in [4.78, 5) is 24.1. The van der Waals surface area contributed by atoms with Crippen LogP contribution in [0.4, 0.5) is 0 Å². The molecule has 0 unspecified atom stereocenters. The van der Waals surface area contributed by atoms with Crippen molar-refractivity contribution in [3.05, 3.63) is 0 Å². The maximum absolute atomic E-state index is 12.0.